The first-order valence-electron chi connectivity index (χ1n) is 15.9. The maximum atomic E-state index is 13.8. The molecule has 0 radical (unpaired) electrons. The van der Waals surface area contributed by atoms with E-state index in [2.05, 4.69) is 15.0 Å². The largest absolute Gasteiger partial charge is 0.487 e. The summed E-state index contributed by atoms with van der Waals surface area (Å²) in [4.78, 5) is 28.7. The number of aliphatic imine (C=N–C) groups is 1. The second kappa shape index (κ2) is 19.0. The van der Waals surface area contributed by atoms with Gasteiger partial charge >= 0.3 is 0 Å². The molecule has 45 heavy (non-hydrogen) atoms. The van der Waals surface area contributed by atoms with E-state index in [0.29, 0.717) is 36.7 Å². The Labute approximate surface area is 270 Å². The smallest absolute Gasteiger partial charge is 0.241 e. The molecule has 6 N–H and O–H groups in total. The average molecular weight is 656 g/mol. The first-order valence-corrected chi connectivity index (χ1v) is 17.4. The van der Waals surface area contributed by atoms with Gasteiger partial charge < -0.3 is 35.8 Å². The second-order valence-corrected chi connectivity index (χ2v) is 13.5. The zero-order valence-electron chi connectivity index (χ0n) is 28.7. The van der Waals surface area contributed by atoms with E-state index in [1.807, 2.05) is 48.5 Å². The van der Waals surface area contributed by atoms with Crippen molar-refractivity contribution in [3.8, 4) is 5.75 Å². The van der Waals surface area contributed by atoms with Gasteiger partial charge in [0.2, 0.25) is 15.9 Å². The average Bonchev–Trinajstić information content (AvgIpc) is 2.95. The van der Waals surface area contributed by atoms with Crippen LogP contribution in [0.1, 0.15) is 102 Å². The summed E-state index contributed by atoms with van der Waals surface area (Å²) < 4.78 is 46.5. The van der Waals surface area contributed by atoms with Gasteiger partial charge in [-0.2, -0.15) is 4.72 Å². The Morgan fingerprint density at radius 2 is 1.67 bits per heavy atom. The maximum Gasteiger partial charge on any atom is 0.241 e. The number of carbonyl (C=O) groups is 2. The van der Waals surface area contributed by atoms with Crippen molar-refractivity contribution in [1.29, 1.82) is 0 Å². The van der Waals surface area contributed by atoms with Gasteiger partial charge in [-0.1, -0.05) is 19.8 Å². The number of hydrogen-bond donors (Lipinski definition) is 4. The molecule has 0 saturated carbocycles. The van der Waals surface area contributed by atoms with Crippen LogP contribution in [0.15, 0.2) is 9.89 Å². The first-order chi connectivity index (χ1) is 21.0. The number of sulfonamides is 1. The lowest BCUT2D eigenvalue weighted by molar-refractivity contribution is -0.125. The van der Waals surface area contributed by atoms with Gasteiger partial charge in [-0.05, 0) is 110 Å². The normalized spacial score (nSPS) is 15.2. The van der Waals surface area contributed by atoms with Crippen molar-refractivity contribution in [2.75, 3.05) is 19.8 Å². The number of nitrogens with two attached hydrogens (primary N) is 2. The van der Waals surface area contributed by atoms with Crippen LogP contribution < -0.4 is 26.2 Å². The summed E-state index contributed by atoms with van der Waals surface area (Å²) in [6.45, 7) is 18.9. The summed E-state index contributed by atoms with van der Waals surface area (Å²) in [5.74, 6) is 0.0985. The Morgan fingerprint density at radius 1 is 1.04 bits per heavy atom. The zero-order chi connectivity index (χ0) is 34.4. The molecule has 1 aliphatic rings. The maximum absolute atomic E-state index is 13.8. The van der Waals surface area contributed by atoms with Crippen molar-refractivity contribution in [2.24, 2.45) is 16.5 Å². The summed E-state index contributed by atoms with van der Waals surface area (Å²) in [7, 11) is -4.10. The van der Waals surface area contributed by atoms with Gasteiger partial charge in [-0.3, -0.25) is 9.79 Å². The van der Waals surface area contributed by atoms with Crippen molar-refractivity contribution < 1.29 is 32.2 Å². The summed E-state index contributed by atoms with van der Waals surface area (Å²) >= 11 is 0. The number of unbranched alkanes of at least 4 members (excludes halogenated alkanes) is 1. The quantitative estimate of drug-likeness (QED) is 0.0639. The van der Waals surface area contributed by atoms with E-state index in [1.165, 1.54) is 0 Å². The highest BCUT2D eigenvalue weighted by molar-refractivity contribution is 7.89. The number of nitrogens with zero attached hydrogens (tertiary/aromatic N) is 1. The van der Waals surface area contributed by atoms with E-state index in [4.69, 9.17) is 25.7 Å². The van der Waals surface area contributed by atoms with E-state index < -0.39 is 28.0 Å². The molecule has 2 rings (SSSR count). The van der Waals surface area contributed by atoms with Crippen molar-refractivity contribution >= 4 is 28.2 Å². The molecule has 0 aliphatic carbocycles. The van der Waals surface area contributed by atoms with Gasteiger partial charge in [0.1, 0.15) is 23.7 Å². The number of nitrogens with one attached hydrogen (secondary N) is 2. The number of rotatable bonds is 17. The lowest BCUT2D eigenvalue weighted by atomic mass is 9.88. The third kappa shape index (κ3) is 12.9. The number of fused-ring (bicyclic) bond motifs is 1. The SMILES string of the molecule is CCCC[C@@H](C=O)NC(=O)[C@H](CCCN=C(N)N)NS(=O)(=O)c1c(C)c(C)c2c(c1C)CCC(C)(C)O2.CCOC(C)OCC. The third-order valence-electron chi connectivity index (χ3n) is 7.66. The molecular formula is C32H57N5O7S. The van der Waals surface area contributed by atoms with Crippen LogP contribution in [0.4, 0.5) is 0 Å². The van der Waals surface area contributed by atoms with Gasteiger partial charge in [-0.15, -0.1) is 0 Å². The molecule has 0 unspecified atom stereocenters. The molecule has 12 nitrogen and oxygen atoms in total. The van der Waals surface area contributed by atoms with Gasteiger partial charge in [-0.25, -0.2) is 8.42 Å². The minimum Gasteiger partial charge on any atom is -0.487 e. The molecule has 13 heteroatoms. The summed E-state index contributed by atoms with van der Waals surface area (Å²) in [6.07, 6.45) is 4.73. The van der Waals surface area contributed by atoms with Crippen LogP contribution in [-0.2, 0) is 35.5 Å². The molecule has 0 saturated heterocycles. The number of hydrogen-bond acceptors (Lipinski definition) is 8. The first kappa shape index (κ1) is 40.3. The van der Waals surface area contributed by atoms with E-state index in [-0.39, 0.29) is 35.7 Å². The molecule has 0 bridgehead atoms. The minimum absolute atomic E-state index is 0.0370. The van der Waals surface area contributed by atoms with E-state index in [9.17, 15) is 18.0 Å². The monoisotopic (exact) mass is 655 g/mol. The predicted molar refractivity (Wildman–Crippen MR) is 178 cm³/mol. The molecule has 0 fully saturated rings. The Kier molecular flexibility index (Phi) is 17.0. The predicted octanol–water partition coefficient (Wildman–Crippen LogP) is 3.70. The lowest BCUT2D eigenvalue weighted by Gasteiger charge is -2.35. The Bertz CT molecular complexity index is 1240. The Morgan fingerprint density at radius 3 is 2.20 bits per heavy atom. The number of benzene rings is 1. The van der Waals surface area contributed by atoms with Crippen molar-refractivity contribution in [3.63, 3.8) is 0 Å². The van der Waals surface area contributed by atoms with Crippen molar-refractivity contribution in [1.82, 2.24) is 10.0 Å². The van der Waals surface area contributed by atoms with Gasteiger partial charge in [0.15, 0.2) is 12.2 Å². The van der Waals surface area contributed by atoms with Crippen LogP contribution in [0.5, 0.6) is 5.75 Å². The lowest BCUT2D eigenvalue weighted by Crippen LogP contribution is -2.50. The number of ether oxygens (including phenoxy) is 3. The van der Waals surface area contributed by atoms with E-state index in [0.717, 1.165) is 49.4 Å². The molecule has 1 aromatic rings. The van der Waals surface area contributed by atoms with Crippen LogP contribution in [0.3, 0.4) is 0 Å². The molecule has 0 spiro atoms. The summed E-state index contributed by atoms with van der Waals surface area (Å²) in [6, 6.07) is -1.79. The fraction of sp³-hybridized carbons (Fsp3) is 0.719. The van der Waals surface area contributed by atoms with Gasteiger partial charge in [0, 0.05) is 19.8 Å². The van der Waals surface area contributed by atoms with Crippen LogP contribution in [-0.4, -0.2) is 70.3 Å². The Hall–Kier alpha value is -2.74. The fourth-order valence-electron chi connectivity index (χ4n) is 5.14. The topological polar surface area (TPSA) is 184 Å². The number of carbonyl (C=O) groups excluding carboxylic acids is 2. The van der Waals surface area contributed by atoms with E-state index in [1.54, 1.807) is 13.8 Å². The molecular weight excluding hydrogens is 598 g/mol. The summed E-state index contributed by atoms with van der Waals surface area (Å²) in [5, 5.41) is 2.69. The minimum atomic E-state index is -4.10. The van der Waals surface area contributed by atoms with Crippen LogP contribution in [0.25, 0.3) is 0 Å². The van der Waals surface area contributed by atoms with Crippen molar-refractivity contribution in [2.45, 2.75) is 136 Å². The molecule has 0 aromatic heterocycles. The van der Waals surface area contributed by atoms with E-state index >= 15 is 0 Å². The van der Waals surface area contributed by atoms with Gasteiger partial charge in [0.25, 0.3) is 0 Å². The van der Waals surface area contributed by atoms with Gasteiger partial charge in [0.05, 0.1) is 10.9 Å². The second-order valence-electron chi connectivity index (χ2n) is 11.9. The number of amides is 1. The molecule has 1 heterocycles. The molecule has 258 valence electrons. The highest BCUT2D eigenvalue weighted by Crippen LogP contribution is 2.42. The third-order valence-corrected chi connectivity index (χ3v) is 9.40. The number of guanidine groups is 1. The Balaban J connectivity index is 0.00000111. The fourth-order valence-corrected chi connectivity index (χ4v) is 6.94. The molecule has 1 aromatic carbocycles. The molecule has 2 atom stereocenters. The highest BCUT2D eigenvalue weighted by Gasteiger charge is 2.35. The number of aldehydes is 1. The zero-order valence-corrected chi connectivity index (χ0v) is 29.6. The molecule has 1 amide bonds. The molecule has 1 aliphatic heterocycles. The van der Waals surface area contributed by atoms with Crippen LogP contribution >= 0.6 is 0 Å². The standard InChI is InChI=1S/C26H43N5O5S.C6H14O2/c1-7-8-10-19(15-32)30-24(33)21(11-9-14-29-25(27)28)31-37(34,35)23-17(3)16(2)22-20(18(23)4)12-13-26(5,6)36-22;1-4-7-6(3)8-5-2/h15,19,21,31H,7-14H2,1-6H3,(H,30,33)(H4,27,28,29);6H,4-5H2,1-3H3/t19-,21-;/m0./s1. The van der Waals surface area contributed by atoms with Crippen LogP contribution in [0.2, 0.25) is 0 Å². The van der Waals surface area contributed by atoms with Crippen LogP contribution in [0, 0.1) is 20.8 Å². The highest BCUT2D eigenvalue weighted by atomic mass is 32.2. The van der Waals surface area contributed by atoms with Crippen molar-refractivity contribution in [3.05, 3.63) is 22.3 Å². The summed E-state index contributed by atoms with van der Waals surface area (Å²) in [5.41, 5.74) is 13.3.